The molecule has 0 aliphatic rings. The summed E-state index contributed by atoms with van der Waals surface area (Å²) in [5.74, 6) is 5.38. The number of carboxylic acid groups (broad SMARTS) is 1. The van der Waals surface area contributed by atoms with E-state index in [0.29, 0.717) is 10.9 Å². The van der Waals surface area contributed by atoms with Crippen molar-refractivity contribution >= 4 is 21.9 Å². The van der Waals surface area contributed by atoms with Crippen LogP contribution in [0.5, 0.6) is 0 Å². The van der Waals surface area contributed by atoms with Gasteiger partial charge in [0, 0.05) is 17.3 Å². The third kappa shape index (κ3) is 4.54. The number of carboxylic acids is 1. The molecular formula is C17H19BrO2. The molecule has 0 aromatic heterocycles. The lowest BCUT2D eigenvalue weighted by Gasteiger charge is -2.15. The molecule has 3 heteroatoms. The van der Waals surface area contributed by atoms with Crippen LogP contribution < -0.4 is 0 Å². The second kappa shape index (κ2) is 8.60. The topological polar surface area (TPSA) is 37.3 Å². The average Bonchev–Trinajstić information content (AvgIpc) is 2.44. The van der Waals surface area contributed by atoms with Crippen molar-refractivity contribution in [3.63, 3.8) is 0 Å². The Morgan fingerprint density at radius 2 is 2.30 bits per heavy atom. The van der Waals surface area contributed by atoms with Gasteiger partial charge in [-0.2, -0.15) is 0 Å². The number of halogens is 1. The number of carbonyl (C=O) groups is 1. The molecule has 1 aromatic rings. The maximum Gasteiger partial charge on any atom is 0.335 e. The predicted molar refractivity (Wildman–Crippen MR) is 86.5 cm³/mol. The summed E-state index contributed by atoms with van der Waals surface area (Å²) in [4.78, 5) is 11.3. The molecule has 1 rings (SSSR count). The van der Waals surface area contributed by atoms with Crippen LogP contribution in [0.25, 0.3) is 0 Å². The number of hydrogen-bond donors (Lipinski definition) is 1. The first-order chi connectivity index (χ1) is 9.63. The van der Waals surface area contributed by atoms with Crippen LogP contribution in [0.2, 0.25) is 0 Å². The molecule has 1 atom stereocenters. The van der Waals surface area contributed by atoms with E-state index in [1.165, 1.54) is 0 Å². The van der Waals surface area contributed by atoms with Crippen LogP contribution in [0.1, 0.15) is 53.6 Å². The molecule has 0 heterocycles. The molecule has 20 heavy (non-hydrogen) atoms. The summed E-state index contributed by atoms with van der Waals surface area (Å²) in [7, 11) is 0. The fourth-order valence-corrected chi connectivity index (χ4v) is 2.55. The van der Waals surface area contributed by atoms with Gasteiger partial charge < -0.3 is 5.11 Å². The van der Waals surface area contributed by atoms with Crippen LogP contribution in [-0.2, 0) is 0 Å². The summed E-state index contributed by atoms with van der Waals surface area (Å²) in [6.07, 6.45) is 4.42. The van der Waals surface area contributed by atoms with Crippen molar-refractivity contribution in [2.24, 2.45) is 0 Å². The first-order valence-corrected chi connectivity index (χ1v) is 7.79. The van der Waals surface area contributed by atoms with Crippen molar-refractivity contribution in [1.29, 1.82) is 0 Å². The van der Waals surface area contributed by atoms with E-state index >= 15 is 0 Å². The SMILES string of the molecule is C=CCC(CBr)c1cc(C#CCCC)ccc1C(=O)O. The summed E-state index contributed by atoms with van der Waals surface area (Å²) < 4.78 is 0. The van der Waals surface area contributed by atoms with Crippen LogP contribution in [-0.4, -0.2) is 16.4 Å². The van der Waals surface area contributed by atoms with Crippen molar-refractivity contribution in [2.45, 2.75) is 32.1 Å². The van der Waals surface area contributed by atoms with E-state index in [4.69, 9.17) is 0 Å². The molecule has 0 aliphatic heterocycles. The Bertz CT molecular complexity index is 538. The van der Waals surface area contributed by atoms with Crippen molar-refractivity contribution < 1.29 is 9.90 Å². The van der Waals surface area contributed by atoms with Gasteiger partial charge in [-0.3, -0.25) is 0 Å². The van der Waals surface area contributed by atoms with Crippen molar-refractivity contribution in [3.05, 3.63) is 47.5 Å². The minimum absolute atomic E-state index is 0.103. The van der Waals surface area contributed by atoms with E-state index in [0.717, 1.165) is 30.4 Å². The minimum Gasteiger partial charge on any atom is -0.478 e. The van der Waals surface area contributed by atoms with Gasteiger partial charge in [0.25, 0.3) is 0 Å². The van der Waals surface area contributed by atoms with Crippen LogP contribution in [0.4, 0.5) is 0 Å². The molecule has 0 amide bonds. The van der Waals surface area contributed by atoms with Gasteiger partial charge in [-0.15, -0.1) is 6.58 Å². The zero-order valence-electron chi connectivity index (χ0n) is 11.7. The molecule has 0 saturated heterocycles. The van der Waals surface area contributed by atoms with Crippen molar-refractivity contribution in [2.75, 3.05) is 5.33 Å². The third-order valence-electron chi connectivity index (χ3n) is 2.97. The first-order valence-electron chi connectivity index (χ1n) is 6.67. The quantitative estimate of drug-likeness (QED) is 0.469. The third-order valence-corrected chi connectivity index (χ3v) is 3.75. The summed E-state index contributed by atoms with van der Waals surface area (Å²) in [5.41, 5.74) is 2.03. The zero-order chi connectivity index (χ0) is 15.0. The lowest BCUT2D eigenvalue weighted by Crippen LogP contribution is -2.08. The Hall–Kier alpha value is -1.53. The molecule has 0 radical (unpaired) electrons. The zero-order valence-corrected chi connectivity index (χ0v) is 13.2. The Labute approximate surface area is 129 Å². The molecule has 0 aliphatic carbocycles. The van der Waals surface area contributed by atoms with Crippen molar-refractivity contribution in [1.82, 2.24) is 0 Å². The molecule has 1 unspecified atom stereocenters. The smallest absolute Gasteiger partial charge is 0.335 e. The molecule has 0 spiro atoms. The average molecular weight is 335 g/mol. The maximum absolute atomic E-state index is 11.3. The highest BCUT2D eigenvalue weighted by Crippen LogP contribution is 2.27. The molecular weight excluding hydrogens is 316 g/mol. The highest BCUT2D eigenvalue weighted by molar-refractivity contribution is 9.09. The fourth-order valence-electron chi connectivity index (χ4n) is 1.94. The highest BCUT2D eigenvalue weighted by atomic mass is 79.9. The van der Waals surface area contributed by atoms with Gasteiger partial charge in [0.2, 0.25) is 0 Å². The van der Waals surface area contributed by atoms with Gasteiger partial charge in [-0.05, 0) is 42.5 Å². The maximum atomic E-state index is 11.3. The van der Waals surface area contributed by atoms with E-state index in [1.807, 2.05) is 12.1 Å². The summed E-state index contributed by atoms with van der Waals surface area (Å²) in [6.45, 7) is 5.82. The van der Waals surface area contributed by atoms with E-state index in [-0.39, 0.29) is 5.92 Å². The van der Waals surface area contributed by atoms with Gasteiger partial charge in [-0.25, -0.2) is 4.79 Å². The lowest BCUT2D eigenvalue weighted by atomic mass is 9.91. The Kier molecular flexibility index (Phi) is 7.11. The number of benzene rings is 1. The molecule has 1 aromatic carbocycles. The molecule has 0 saturated carbocycles. The van der Waals surface area contributed by atoms with Crippen LogP contribution in [0.3, 0.4) is 0 Å². The van der Waals surface area contributed by atoms with Crippen molar-refractivity contribution in [3.8, 4) is 11.8 Å². The number of alkyl halides is 1. The number of rotatable bonds is 6. The Morgan fingerprint density at radius 3 is 2.85 bits per heavy atom. The van der Waals surface area contributed by atoms with Crippen LogP contribution in [0, 0.1) is 11.8 Å². The standard InChI is InChI=1S/C17H19BrO2/c1-3-5-6-8-13-9-10-15(17(19)20)16(11-13)14(12-18)7-4-2/h4,9-11,14H,2-3,5,7,12H2,1H3,(H,19,20). The minimum atomic E-state index is -0.900. The van der Waals surface area contributed by atoms with E-state index in [2.05, 4.69) is 41.3 Å². The van der Waals surface area contributed by atoms with E-state index < -0.39 is 5.97 Å². The molecule has 2 nitrogen and oxygen atoms in total. The molecule has 0 fully saturated rings. The van der Waals surface area contributed by atoms with Gasteiger partial charge in [-0.1, -0.05) is 40.8 Å². The van der Waals surface area contributed by atoms with E-state index in [9.17, 15) is 9.90 Å². The molecule has 0 bridgehead atoms. The largest absolute Gasteiger partial charge is 0.478 e. The Balaban J connectivity index is 3.21. The number of hydrogen-bond acceptors (Lipinski definition) is 1. The molecule has 106 valence electrons. The van der Waals surface area contributed by atoms with Gasteiger partial charge in [0.15, 0.2) is 0 Å². The van der Waals surface area contributed by atoms with Gasteiger partial charge in [0.1, 0.15) is 0 Å². The second-order valence-electron chi connectivity index (χ2n) is 4.53. The normalized spacial score (nSPS) is 11.3. The second-order valence-corrected chi connectivity index (χ2v) is 5.18. The van der Waals surface area contributed by atoms with Crippen LogP contribution >= 0.6 is 15.9 Å². The van der Waals surface area contributed by atoms with Gasteiger partial charge >= 0.3 is 5.97 Å². The highest BCUT2D eigenvalue weighted by Gasteiger charge is 2.17. The predicted octanol–water partition coefficient (Wildman–Crippen LogP) is 4.59. The summed E-state index contributed by atoms with van der Waals surface area (Å²) in [6, 6.07) is 5.31. The summed E-state index contributed by atoms with van der Waals surface area (Å²) >= 11 is 3.45. The van der Waals surface area contributed by atoms with Crippen LogP contribution in [0.15, 0.2) is 30.9 Å². The Morgan fingerprint density at radius 1 is 1.55 bits per heavy atom. The first kappa shape index (κ1) is 16.5. The van der Waals surface area contributed by atoms with E-state index in [1.54, 1.807) is 12.1 Å². The molecule has 1 N–H and O–H groups in total. The fraction of sp³-hybridized carbons (Fsp3) is 0.353. The number of unbranched alkanes of at least 4 members (excludes halogenated alkanes) is 1. The monoisotopic (exact) mass is 334 g/mol. The van der Waals surface area contributed by atoms with Gasteiger partial charge in [0.05, 0.1) is 5.56 Å². The lowest BCUT2D eigenvalue weighted by molar-refractivity contribution is 0.0695. The number of aromatic carboxylic acids is 1. The summed E-state index contributed by atoms with van der Waals surface area (Å²) in [5, 5.41) is 10.0. The number of allylic oxidation sites excluding steroid dienone is 1.